The molecule has 0 aliphatic carbocycles. The highest BCUT2D eigenvalue weighted by atomic mass is 79.9. The van der Waals surface area contributed by atoms with Crippen LogP contribution < -0.4 is 26.4 Å². The Morgan fingerprint density at radius 2 is 1.39 bits per heavy atom. The lowest BCUT2D eigenvalue weighted by atomic mass is 10.0. The zero-order valence-corrected chi connectivity index (χ0v) is 25.5. The first-order chi connectivity index (χ1) is 19.6. The summed E-state index contributed by atoms with van der Waals surface area (Å²) in [7, 11) is 4.12. The Morgan fingerprint density at radius 3 is 2.05 bits per heavy atom. The molecule has 0 atom stereocenters. The van der Waals surface area contributed by atoms with Gasteiger partial charge in [0, 0.05) is 43.2 Å². The lowest BCUT2D eigenvalue weighted by molar-refractivity contribution is -0.688. The van der Waals surface area contributed by atoms with E-state index in [2.05, 4.69) is 140 Å². The van der Waals surface area contributed by atoms with Gasteiger partial charge in [0.25, 0.3) is 0 Å². The molecule has 0 saturated carbocycles. The van der Waals surface area contributed by atoms with Gasteiger partial charge in [-0.15, -0.1) is 0 Å². The van der Waals surface area contributed by atoms with Crippen LogP contribution >= 0.6 is 11.8 Å². The zero-order chi connectivity index (χ0) is 27.3. The Morgan fingerprint density at radius 1 is 0.732 bits per heavy atom. The number of hydrogen-bond acceptors (Lipinski definition) is 5. The fourth-order valence-corrected chi connectivity index (χ4v) is 5.57. The van der Waals surface area contributed by atoms with Crippen molar-refractivity contribution in [3.05, 3.63) is 133 Å². The molecule has 0 saturated heterocycles. The summed E-state index contributed by atoms with van der Waals surface area (Å²) in [5, 5.41) is 0.912. The Labute approximate surface area is 255 Å². The van der Waals surface area contributed by atoms with Crippen LogP contribution in [-0.2, 0) is 18.8 Å². The maximum atomic E-state index is 4.66. The van der Waals surface area contributed by atoms with Gasteiger partial charge in [-0.1, -0.05) is 90.6 Å². The average molecular weight is 624 g/mol. The van der Waals surface area contributed by atoms with Gasteiger partial charge in [-0.2, -0.15) is 0 Å². The zero-order valence-electron chi connectivity index (χ0n) is 23.1. The van der Waals surface area contributed by atoms with Crippen LogP contribution in [0.4, 0.5) is 5.69 Å². The number of nitrogens with zero attached hydrogens (tertiary/aromatic N) is 6. The largest absolute Gasteiger partial charge is 1.00 e. The van der Waals surface area contributed by atoms with E-state index < -0.39 is 0 Å². The van der Waals surface area contributed by atoms with Crippen molar-refractivity contribution in [3.8, 4) is 11.1 Å². The van der Waals surface area contributed by atoms with E-state index in [4.69, 9.17) is 0 Å². The summed E-state index contributed by atoms with van der Waals surface area (Å²) in [5.41, 5.74) is 9.08. The average Bonchev–Trinajstić information content (AvgIpc) is 3.41. The van der Waals surface area contributed by atoms with Crippen molar-refractivity contribution in [2.45, 2.75) is 23.9 Å². The van der Waals surface area contributed by atoms with Crippen molar-refractivity contribution >= 4 is 28.6 Å². The molecule has 0 aliphatic rings. The summed E-state index contributed by atoms with van der Waals surface area (Å²) in [6.45, 7) is 1.56. The van der Waals surface area contributed by atoms with Crippen LogP contribution in [0.25, 0.3) is 22.3 Å². The number of anilines is 1. The Balaban J connectivity index is 0.00000337. The molecule has 0 spiro atoms. The number of rotatable bonds is 9. The van der Waals surface area contributed by atoms with Crippen molar-refractivity contribution in [3.63, 3.8) is 0 Å². The van der Waals surface area contributed by atoms with E-state index >= 15 is 0 Å². The van der Waals surface area contributed by atoms with Gasteiger partial charge in [0.05, 0.1) is 12.9 Å². The Bertz CT molecular complexity index is 1700. The van der Waals surface area contributed by atoms with Crippen molar-refractivity contribution in [1.29, 1.82) is 0 Å². The van der Waals surface area contributed by atoms with Gasteiger partial charge < -0.3 is 26.4 Å². The van der Waals surface area contributed by atoms with E-state index in [9.17, 15) is 0 Å². The molecule has 0 aliphatic heterocycles. The molecule has 8 heteroatoms. The van der Waals surface area contributed by atoms with Crippen LogP contribution in [0, 0.1) is 0 Å². The van der Waals surface area contributed by atoms with E-state index in [0.717, 1.165) is 28.5 Å². The molecule has 6 nitrogen and oxygen atoms in total. The van der Waals surface area contributed by atoms with E-state index in [1.807, 2.05) is 12.4 Å². The van der Waals surface area contributed by atoms with Gasteiger partial charge in [0.2, 0.25) is 0 Å². The number of aromatic nitrogens is 5. The quantitative estimate of drug-likeness (QED) is 0.141. The Kier molecular flexibility index (Phi) is 9.11. The fourth-order valence-electron chi connectivity index (χ4n) is 4.67. The van der Waals surface area contributed by atoms with Crippen LogP contribution in [0.5, 0.6) is 0 Å². The third-order valence-corrected chi connectivity index (χ3v) is 7.99. The predicted molar refractivity (Wildman–Crippen MR) is 162 cm³/mol. The molecular formula is C33H31BrN6S. The van der Waals surface area contributed by atoms with Crippen molar-refractivity contribution in [1.82, 2.24) is 19.5 Å². The maximum Gasteiger partial charge on any atom is 0.173 e. The molecule has 0 N–H and O–H groups in total. The highest BCUT2D eigenvalue weighted by Crippen LogP contribution is 2.27. The normalized spacial score (nSPS) is 10.9. The molecule has 0 amide bonds. The molecule has 0 unspecified atom stereocenters. The molecule has 6 rings (SSSR count). The molecule has 6 aromatic rings. The number of pyridine rings is 1. The molecule has 3 aromatic carbocycles. The van der Waals surface area contributed by atoms with Crippen molar-refractivity contribution < 1.29 is 21.5 Å². The minimum absolute atomic E-state index is 0. The van der Waals surface area contributed by atoms with Crippen LogP contribution in [0.2, 0.25) is 0 Å². The second kappa shape index (κ2) is 13.1. The van der Waals surface area contributed by atoms with E-state index in [1.54, 1.807) is 18.1 Å². The second-order valence-electron chi connectivity index (χ2n) is 10.0. The minimum atomic E-state index is 0. The first-order valence-corrected chi connectivity index (χ1v) is 14.3. The minimum Gasteiger partial charge on any atom is -1.00 e. The molecule has 41 heavy (non-hydrogen) atoms. The summed E-state index contributed by atoms with van der Waals surface area (Å²) < 4.78 is 4.29. The molecule has 0 fully saturated rings. The number of halogens is 1. The maximum absolute atomic E-state index is 4.66. The number of imidazole rings is 1. The highest BCUT2D eigenvalue weighted by molar-refractivity contribution is 7.98. The second-order valence-corrected chi connectivity index (χ2v) is 11.0. The SMILES string of the molecule is CN(C)c1cc[n+](Cc2ccc(-c3ccc(Cn4cnc5c(SCc6ccccc6)ncnc54)cc3)cc2)cc1.[Br-]. The fraction of sp³-hybridized carbons (Fsp3) is 0.152. The first kappa shape index (κ1) is 28.5. The molecule has 206 valence electrons. The third-order valence-electron chi connectivity index (χ3n) is 6.94. The number of benzene rings is 3. The lowest BCUT2D eigenvalue weighted by Gasteiger charge is -2.10. The summed E-state index contributed by atoms with van der Waals surface area (Å²) in [6.07, 6.45) is 7.76. The summed E-state index contributed by atoms with van der Waals surface area (Å²) in [5.74, 6) is 0.852. The topological polar surface area (TPSA) is 50.7 Å². The molecule has 3 heterocycles. The third kappa shape index (κ3) is 6.84. The highest BCUT2D eigenvalue weighted by Gasteiger charge is 2.12. The van der Waals surface area contributed by atoms with Crippen LogP contribution in [0.1, 0.15) is 16.7 Å². The van der Waals surface area contributed by atoms with Gasteiger partial charge in [-0.05, 0) is 22.3 Å². The van der Waals surface area contributed by atoms with E-state index in [1.165, 1.54) is 33.5 Å². The molecule has 3 aromatic heterocycles. The Hall–Kier alpha value is -4.01. The number of hydrogen-bond donors (Lipinski definition) is 0. The van der Waals surface area contributed by atoms with E-state index in [0.29, 0.717) is 6.54 Å². The number of fused-ring (bicyclic) bond motifs is 1. The smallest absolute Gasteiger partial charge is 0.173 e. The van der Waals surface area contributed by atoms with Gasteiger partial charge in [0.1, 0.15) is 16.9 Å². The summed E-state index contributed by atoms with van der Waals surface area (Å²) >= 11 is 1.69. The molecule has 0 radical (unpaired) electrons. The standard InChI is InChI=1S/C33H31N6S.BrH/c1-37(2)30-16-18-38(19-17-30)20-25-8-12-28(13-9-25)29-14-10-26(11-15-29)21-39-24-36-31-32(39)34-23-35-33(31)40-22-27-6-4-3-5-7-27;/h3-19,23-24H,20-22H2,1-2H3;1H/q+1;/p-1. The van der Waals surface area contributed by atoms with Gasteiger partial charge in [-0.25, -0.2) is 19.5 Å². The van der Waals surface area contributed by atoms with Crippen LogP contribution in [0.15, 0.2) is 121 Å². The van der Waals surface area contributed by atoms with Gasteiger partial charge >= 0.3 is 0 Å². The van der Waals surface area contributed by atoms with E-state index in [-0.39, 0.29) is 17.0 Å². The van der Waals surface area contributed by atoms with Crippen molar-refractivity contribution in [2.24, 2.45) is 0 Å². The molecule has 0 bridgehead atoms. The van der Waals surface area contributed by atoms with Crippen LogP contribution in [0.3, 0.4) is 0 Å². The van der Waals surface area contributed by atoms with Crippen molar-refractivity contribution in [2.75, 3.05) is 19.0 Å². The van der Waals surface area contributed by atoms with Crippen LogP contribution in [-0.4, -0.2) is 33.6 Å². The summed E-state index contributed by atoms with van der Waals surface area (Å²) in [4.78, 5) is 15.8. The summed E-state index contributed by atoms with van der Waals surface area (Å²) in [6, 6.07) is 32.3. The van der Waals surface area contributed by atoms with Gasteiger partial charge in [0.15, 0.2) is 24.6 Å². The monoisotopic (exact) mass is 622 g/mol. The predicted octanol–water partition coefficient (Wildman–Crippen LogP) is 3.24. The number of thioether (sulfide) groups is 1. The first-order valence-electron chi connectivity index (χ1n) is 13.3. The van der Waals surface area contributed by atoms with Gasteiger partial charge in [-0.3, -0.25) is 0 Å². The molecular weight excluding hydrogens is 592 g/mol. The lowest BCUT2D eigenvalue weighted by Crippen LogP contribution is -3.00.